The van der Waals surface area contributed by atoms with Crippen LogP contribution in [0.25, 0.3) is 0 Å². The van der Waals surface area contributed by atoms with E-state index in [1.807, 2.05) is 13.8 Å². The predicted octanol–water partition coefficient (Wildman–Crippen LogP) is 0.351. The molecule has 5 heteroatoms. The second-order valence-corrected chi connectivity index (χ2v) is 6.12. The number of sulfonamides is 1. The third kappa shape index (κ3) is 2.65. The normalized spacial score (nSPS) is 27.8. The van der Waals surface area contributed by atoms with Crippen molar-refractivity contribution in [2.24, 2.45) is 5.41 Å². The van der Waals surface area contributed by atoms with E-state index in [9.17, 15) is 8.42 Å². The average molecular weight is 207 g/mol. The Morgan fingerprint density at radius 3 is 2.54 bits per heavy atom. The van der Waals surface area contributed by atoms with Crippen LogP contribution in [0.4, 0.5) is 0 Å². The Morgan fingerprint density at radius 1 is 1.54 bits per heavy atom. The van der Waals surface area contributed by atoms with E-state index in [1.54, 1.807) is 6.92 Å². The Kier molecular flexibility index (Phi) is 2.99. The Morgan fingerprint density at radius 2 is 2.15 bits per heavy atom. The molecular formula is C8H17NO3S. The van der Waals surface area contributed by atoms with Crippen molar-refractivity contribution in [3.8, 4) is 0 Å². The van der Waals surface area contributed by atoms with E-state index in [2.05, 4.69) is 4.72 Å². The maximum absolute atomic E-state index is 11.3. The summed E-state index contributed by atoms with van der Waals surface area (Å²) in [6.07, 6.45) is 0. The first-order chi connectivity index (χ1) is 5.87. The smallest absolute Gasteiger partial charge is 0.211 e. The van der Waals surface area contributed by atoms with Crippen LogP contribution in [-0.2, 0) is 14.8 Å². The summed E-state index contributed by atoms with van der Waals surface area (Å²) in [7, 11) is -3.10. The van der Waals surface area contributed by atoms with Crippen LogP contribution in [0.1, 0.15) is 20.8 Å². The van der Waals surface area contributed by atoms with Gasteiger partial charge in [0.1, 0.15) is 0 Å². The zero-order valence-electron chi connectivity index (χ0n) is 8.33. The molecule has 0 spiro atoms. The van der Waals surface area contributed by atoms with E-state index in [-0.39, 0.29) is 17.2 Å². The van der Waals surface area contributed by atoms with Crippen LogP contribution >= 0.6 is 0 Å². The van der Waals surface area contributed by atoms with Crippen molar-refractivity contribution in [1.29, 1.82) is 0 Å². The lowest BCUT2D eigenvalue weighted by Crippen LogP contribution is -2.44. The van der Waals surface area contributed by atoms with Gasteiger partial charge in [0.15, 0.2) is 0 Å². The molecule has 0 aliphatic carbocycles. The fourth-order valence-corrected chi connectivity index (χ4v) is 2.25. The van der Waals surface area contributed by atoms with E-state index in [1.165, 1.54) is 0 Å². The SMILES string of the molecule is CCS(=O)(=O)NC1COCC1(C)C. The first kappa shape index (κ1) is 10.9. The number of hydrogen-bond donors (Lipinski definition) is 1. The van der Waals surface area contributed by atoms with Gasteiger partial charge in [-0.25, -0.2) is 13.1 Å². The molecule has 1 N–H and O–H groups in total. The quantitative estimate of drug-likeness (QED) is 0.726. The highest BCUT2D eigenvalue weighted by molar-refractivity contribution is 7.89. The Labute approximate surface area is 79.7 Å². The van der Waals surface area contributed by atoms with Gasteiger partial charge in [0.05, 0.1) is 25.0 Å². The zero-order valence-corrected chi connectivity index (χ0v) is 9.15. The lowest BCUT2D eigenvalue weighted by Gasteiger charge is -2.24. The molecule has 13 heavy (non-hydrogen) atoms. The van der Waals surface area contributed by atoms with E-state index in [4.69, 9.17) is 4.74 Å². The molecule has 0 bridgehead atoms. The summed E-state index contributed by atoms with van der Waals surface area (Å²) in [6, 6.07) is -0.0857. The minimum Gasteiger partial charge on any atom is -0.379 e. The van der Waals surface area contributed by atoms with Crippen molar-refractivity contribution in [1.82, 2.24) is 4.72 Å². The molecule has 1 rings (SSSR count). The average Bonchev–Trinajstić information content (AvgIpc) is 2.31. The molecule has 1 aliphatic rings. The minimum atomic E-state index is -3.10. The van der Waals surface area contributed by atoms with Crippen molar-refractivity contribution in [3.63, 3.8) is 0 Å². The lowest BCUT2D eigenvalue weighted by atomic mass is 9.89. The molecule has 0 saturated carbocycles. The van der Waals surface area contributed by atoms with Crippen LogP contribution in [0.2, 0.25) is 0 Å². The Bertz CT molecular complexity index is 271. The number of ether oxygens (including phenoxy) is 1. The van der Waals surface area contributed by atoms with Crippen molar-refractivity contribution >= 4 is 10.0 Å². The molecule has 1 atom stereocenters. The van der Waals surface area contributed by atoms with Gasteiger partial charge in [-0.2, -0.15) is 0 Å². The molecule has 1 aliphatic heterocycles. The zero-order chi connectivity index (χ0) is 10.1. The first-order valence-electron chi connectivity index (χ1n) is 4.45. The molecule has 4 nitrogen and oxygen atoms in total. The Balaban J connectivity index is 2.65. The van der Waals surface area contributed by atoms with Gasteiger partial charge in [-0.3, -0.25) is 0 Å². The largest absolute Gasteiger partial charge is 0.379 e. The topological polar surface area (TPSA) is 55.4 Å². The molecule has 0 aromatic rings. The number of hydrogen-bond acceptors (Lipinski definition) is 3. The minimum absolute atomic E-state index is 0.0857. The van der Waals surface area contributed by atoms with Crippen LogP contribution in [-0.4, -0.2) is 33.4 Å². The molecule has 1 saturated heterocycles. The van der Waals surface area contributed by atoms with Crippen LogP contribution in [0.5, 0.6) is 0 Å². The van der Waals surface area contributed by atoms with Crippen molar-refractivity contribution in [2.45, 2.75) is 26.8 Å². The summed E-state index contributed by atoms with van der Waals surface area (Å²) in [5.41, 5.74) is -0.0950. The van der Waals surface area contributed by atoms with Gasteiger partial charge in [-0.05, 0) is 6.92 Å². The summed E-state index contributed by atoms with van der Waals surface area (Å²) in [4.78, 5) is 0. The highest BCUT2D eigenvalue weighted by Crippen LogP contribution is 2.27. The lowest BCUT2D eigenvalue weighted by molar-refractivity contribution is 0.166. The highest BCUT2D eigenvalue weighted by atomic mass is 32.2. The molecule has 0 amide bonds. The molecule has 0 radical (unpaired) electrons. The van der Waals surface area contributed by atoms with Gasteiger partial charge >= 0.3 is 0 Å². The van der Waals surface area contributed by atoms with Crippen LogP contribution in [0, 0.1) is 5.41 Å². The van der Waals surface area contributed by atoms with Gasteiger partial charge in [0.25, 0.3) is 0 Å². The second-order valence-electron chi connectivity index (χ2n) is 4.08. The van der Waals surface area contributed by atoms with E-state index >= 15 is 0 Å². The predicted molar refractivity (Wildman–Crippen MR) is 51.0 cm³/mol. The van der Waals surface area contributed by atoms with Crippen molar-refractivity contribution < 1.29 is 13.2 Å². The summed E-state index contributed by atoms with van der Waals surface area (Å²) >= 11 is 0. The van der Waals surface area contributed by atoms with Gasteiger partial charge < -0.3 is 4.74 Å². The summed E-state index contributed by atoms with van der Waals surface area (Å²) in [6.45, 7) is 6.73. The van der Waals surface area contributed by atoms with Crippen molar-refractivity contribution in [2.75, 3.05) is 19.0 Å². The summed E-state index contributed by atoms with van der Waals surface area (Å²) in [5.74, 6) is 0.125. The van der Waals surface area contributed by atoms with Gasteiger partial charge in [0, 0.05) is 5.41 Å². The number of nitrogens with one attached hydrogen (secondary N) is 1. The van der Waals surface area contributed by atoms with Crippen LogP contribution in [0.3, 0.4) is 0 Å². The van der Waals surface area contributed by atoms with Crippen LogP contribution in [0.15, 0.2) is 0 Å². The summed E-state index contributed by atoms with van der Waals surface area (Å²) < 4.78 is 30.4. The summed E-state index contributed by atoms with van der Waals surface area (Å²) in [5, 5.41) is 0. The highest BCUT2D eigenvalue weighted by Gasteiger charge is 2.37. The van der Waals surface area contributed by atoms with Gasteiger partial charge in [-0.15, -0.1) is 0 Å². The van der Waals surface area contributed by atoms with E-state index in [0.29, 0.717) is 13.2 Å². The Hall–Kier alpha value is -0.130. The standard InChI is InChI=1S/C8H17NO3S/c1-4-13(10,11)9-7-5-12-6-8(7,2)3/h7,9H,4-6H2,1-3H3. The molecule has 78 valence electrons. The van der Waals surface area contributed by atoms with E-state index < -0.39 is 10.0 Å². The van der Waals surface area contributed by atoms with Crippen molar-refractivity contribution in [3.05, 3.63) is 0 Å². The van der Waals surface area contributed by atoms with Gasteiger partial charge in [-0.1, -0.05) is 13.8 Å². The molecule has 1 heterocycles. The molecule has 1 fully saturated rings. The third-order valence-corrected chi connectivity index (χ3v) is 3.81. The fourth-order valence-electron chi connectivity index (χ4n) is 1.26. The maximum atomic E-state index is 11.3. The number of rotatable bonds is 3. The fraction of sp³-hybridized carbons (Fsp3) is 1.00. The monoisotopic (exact) mass is 207 g/mol. The molecule has 1 unspecified atom stereocenters. The van der Waals surface area contributed by atoms with E-state index in [0.717, 1.165) is 0 Å². The third-order valence-electron chi connectivity index (χ3n) is 2.40. The van der Waals surface area contributed by atoms with Crippen LogP contribution < -0.4 is 4.72 Å². The molecule has 0 aromatic heterocycles. The first-order valence-corrected chi connectivity index (χ1v) is 6.10. The maximum Gasteiger partial charge on any atom is 0.211 e. The van der Waals surface area contributed by atoms with Gasteiger partial charge in [0.2, 0.25) is 10.0 Å². The second kappa shape index (κ2) is 3.55. The molecule has 0 aromatic carbocycles. The molecular weight excluding hydrogens is 190 g/mol.